The standard InChI is InChI=1S/C22H22FN7O2/c23-17-11-15(5-6-18(17)28-10-8-24-27-28)16-12-25-29-9-7-20(26-21(16)29)30-19(13-32-22(30)31)14-3-1-2-4-14/h5-12,14,19,24,27H,1-4,13H2. The lowest BCUT2D eigenvalue weighted by atomic mass is 9.98. The van der Waals surface area contributed by atoms with Crippen LogP contribution in [0.25, 0.3) is 16.8 Å². The van der Waals surface area contributed by atoms with Crippen LogP contribution < -0.4 is 20.9 Å². The number of aromatic nitrogens is 3. The van der Waals surface area contributed by atoms with Crippen molar-refractivity contribution in [2.45, 2.75) is 31.7 Å². The molecule has 2 fully saturated rings. The fraction of sp³-hybridized carbons (Fsp3) is 0.318. The molecule has 9 nitrogen and oxygen atoms in total. The summed E-state index contributed by atoms with van der Waals surface area (Å²) in [5, 5.41) is 5.91. The molecule has 1 atom stereocenters. The highest BCUT2D eigenvalue weighted by Gasteiger charge is 2.41. The molecule has 3 aliphatic rings. The maximum atomic E-state index is 14.8. The summed E-state index contributed by atoms with van der Waals surface area (Å²) in [7, 11) is 0. The quantitative estimate of drug-likeness (QED) is 0.650. The van der Waals surface area contributed by atoms with Gasteiger partial charge in [0, 0.05) is 24.2 Å². The van der Waals surface area contributed by atoms with Crippen molar-refractivity contribution in [2.24, 2.45) is 5.92 Å². The third-order valence-corrected chi connectivity index (χ3v) is 6.46. The molecular formula is C22H22FN7O2. The van der Waals surface area contributed by atoms with Gasteiger partial charge in [0.25, 0.3) is 0 Å². The van der Waals surface area contributed by atoms with E-state index in [2.05, 4.69) is 16.1 Å². The lowest BCUT2D eigenvalue weighted by Crippen LogP contribution is -2.38. The summed E-state index contributed by atoms with van der Waals surface area (Å²) in [6.07, 6.45) is 11.0. The molecule has 6 rings (SSSR count). The van der Waals surface area contributed by atoms with E-state index in [-0.39, 0.29) is 18.0 Å². The van der Waals surface area contributed by atoms with Gasteiger partial charge in [-0.2, -0.15) is 5.10 Å². The molecule has 0 spiro atoms. The summed E-state index contributed by atoms with van der Waals surface area (Å²) in [6, 6.07) is 6.75. The van der Waals surface area contributed by atoms with Crippen molar-refractivity contribution < 1.29 is 13.9 Å². The van der Waals surface area contributed by atoms with Gasteiger partial charge >= 0.3 is 6.09 Å². The van der Waals surface area contributed by atoms with Crippen molar-refractivity contribution in [2.75, 3.05) is 16.5 Å². The number of hydrogen-bond acceptors (Lipinski definition) is 7. The van der Waals surface area contributed by atoms with Crippen LogP contribution in [0.3, 0.4) is 0 Å². The van der Waals surface area contributed by atoms with Crippen LogP contribution in [0.2, 0.25) is 0 Å². The van der Waals surface area contributed by atoms with Gasteiger partial charge in [0.2, 0.25) is 0 Å². The second-order valence-corrected chi connectivity index (χ2v) is 8.28. The van der Waals surface area contributed by atoms with Gasteiger partial charge in [-0.15, -0.1) is 5.53 Å². The smallest absolute Gasteiger partial charge is 0.415 e. The number of halogens is 1. The zero-order valence-corrected chi connectivity index (χ0v) is 17.2. The third-order valence-electron chi connectivity index (χ3n) is 6.46. The van der Waals surface area contributed by atoms with Crippen LogP contribution in [0.5, 0.6) is 0 Å². The second-order valence-electron chi connectivity index (χ2n) is 8.28. The van der Waals surface area contributed by atoms with Gasteiger partial charge in [-0.1, -0.05) is 18.9 Å². The molecule has 32 heavy (non-hydrogen) atoms. The van der Waals surface area contributed by atoms with Crippen LogP contribution in [0.1, 0.15) is 25.7 Å². The first-order chi connectivity index (χ1) is 15.7. The second kappa shape index (κ2) is 7.49. The highest BCUT2D eigenvalue weighted by Crippen LogP contribution is 2.36. The Bertz CT molecular complexity index is 1220. The van der Waals surface area contributed by atoms with E-state index in [0.29, 0.717) is 40.8 Å². The molecule has 3 aromatic rings. The van der Waals surface area contributed by atoms with Gasteiger partial charge in [-0.05, 0) is 42.5 Å². The number of carbonyl (C=O) groups is 1. The van der Waals surface area contributed by atoms with E-state index in [0.717, 1.165) is 12.8 Å². The molecule has 2 aliphatic heterocycles. The average molecular weight is 435 g/mol. The molecule has 1 saturated heterocycles. The SMILES string of the molecule is O=C1OCC(C2CCCC2)N1c1ccn2ncc(-c3ccc(N4C=CNN4)c(F)c3)c2n1. The molecule has 0 bridgehead atoms. The monoisotopic (exact) mass is 435 g/mol. The van der Waals surface area contributed by atoms with Crippen molar-refractivity contribution >= 4 is 23.2 Å². The van der Waals surface area contributed by atoms with Crippen molar-refractivity contribution in [3.63, 3.8) is 0 Å². The summed E-state index contributed by atoms with van der Waals surface area (Å²) >= 11 is 0. The first-order valence-corrected chi connectivity index (χ1v) is 10.8. The van der Waals surface area contributed by atoms with Crippen molar-refractivity contribution in [1.29, 1.82) is 0 Å². The fourth-order valence-electron chi connectivity index (χ4n) is 4.85. The third kappa shape index (κ3) is 3.06. The van der Waals surface area contributed by atoms with Crippen LogP contribution in [-0.2, 0) is 4.74 Å². The topological polar surface area (TPSA) is 87.0 Å². The van der Waals surface area contributed by atoms with Gasteiger partial charge in [0.05, 0.1) is 17.9 Å². The first kappa shape index (κ1) is 19.1. The predicted octanol–water partition coefficient (Wildman–Crippen LogP) is 3.35. The van der Waals surface area contributed by atoms with E-state index >= 15 is 0 Å². The Labute approximate surface area is 183 Å². The summed E-state index contributed by atoms with van der Waals surface area (Å²) in [6.45, 7) is 0.392. The van der Waals surface area contributed by atoms with E-state index < -0.39 is 0 Å². The largest absolute Gasteiger partial charge is 0.447 e. The Morgan fingerprint density at radius 3 is 2.84 bits per heavy atom. The number of amides is 1. The minimum absolute atomic E-state index is 0.00215. The van der Waals surface area contributed by atoms with Crippen LogP contribution in [0.4, 0.5) is 20.7 Å². The molecule has 164 valence electrons. The molecule has 1 unspecified atom stereocenters. The Balaban J connectivity index is 1.37. The summed E-state index contributed by atoms with van der Waals surface area (Å²) in [4.78, 5) is 19.0. The van der Waals surface area contributed by atoms with Crippen molar-refractivity contribution in [3.8, 4) is 11.1 Å². The molecule has 1 amide bonds. The van der Waals surface area contributed by atoms with E-state index in [4.69, 9.17) is 9.72 Å². The summed E-state index contributed by atoms with van der Waals surface area (Å²) in [5.41, 5.74) is 7.89. The van der Waals surface area contributed by atoms with Gasteiger partial charge in [-0.3, -0.25) is 9.91 Å². The van der Waals surface area contributed by atoms with Crippen LogP contribution in [-0.4, -0.2) is 33.3 Å². The number of anilines is 2. The highest BCUT2D eigenvalue weighted by molar-refractivity contribution is 5.90. The number of ether oxygens (including phenoxy) is 1. The lowest BCUT2D eigenvalue weighted by molar-refractivity contribution is 0.176. The Morgan fingerprint density at radius 2 is 2.06 bits per heavy atom. The minimum atomic E-state index is -0.386. The number of hydrogen-bond donors (Lipinski definition) is 2. The van der Waals surface area contributed by atoms with E-state index in [1.165, 1.54) is 18.9 Å². The van der Waals surface area contributed by atoms with Gasteiger partial charge in [-0.25, -0.2) is 18.7 Å². The molecular weight excluding hydrogens is 413 g/mol. The van der Waals surface area contributed by atoms with Crippen LogP contribution in [0.15, 0.2) is 49.1 Å². The maximum Gasteiger partial charge on any atom is 0.415 e. The van der Waals surface area contributed by atoms with Crippen LogP contribution in [0, 0.1) is 11.7 Å². The van der Waals surface area contributed by atoms with E-state index in [9.17, 15) is 9.18 Å². The summed E-state index contributed by atoms with van der Waals surface area (Å²) < 4.78 is 21.8. The van der Waals surface area contributed by atoms with E-state index in [1.54, 1.807) is 51.4 Å². The molecule has 1 aliphatic carbocycles. The van der Waals surface area contributed by atoms with Crippen molar-refractivity contribution in [3.05, 3.63) is 54.9 Å². The normalized spacial score (nSPS) is 21.0. The first-order valence-electron chi connectivity index (χ1n) is 10.8. The number of rotatable bonds is 4. The van der Waals surface area contributed by atoms with Gasteiger partial charge < -0.3 is 10.2 Å². The highest BCUT2D eigenvalue weighted by atomic mass is 19.1. The van der Waals surface area contributed by atoms with Gasteiger partial charge in [0.15, 0.2) is 5.65 Å². The predicted molar refractivity (Wildman–Crippen MR) is 116 cm³/mol. The molecule has 1 aromatic carbocycles. The molecule has 2 aromatic heterocycles. The zero-order valence-electron chi connectivity index (χ0n) is 17.2. The number of carbonyl (C=O) groups excluding carboxylic acids is 1. The Morgan fingerprint density at radius 1 is 1.19 bits per heavy atom. The van der Waals surface area contributed by atoms with Crippen LogP contribution >= 0.6 is 0 Å². The zero-order chi connectivity index (χ0) is 21.7. The number of benzene rings is 1. The van der Waals surface area contributed by atoms with Gasteiger partial charge in [0.1, 0.15) is 18.2 Å². The molecule has 0 radical (unpaired) electrons. The number of nitrogens with zero attached hydrogens (tertiary/aromatic N) is 5. The van der Waals surface area contributed by atoms with E-state index in [1.807, 2.05) is 6.07 Å². The Kier molecular flexibility index (Phi) is 4.46. The number of nitrogens with one attached hydrogen (secondary N) is 2. The fourth-order valence-corrected chi connectivity index (χ4v) is 4.85. The molecule has 10 heteroatoms. The molecule has 4 heterocycles. The Hall–Kier alpha value is -3.66. The molecule has 2 N–H and O–H groups in total. The number of cyclic esters (lactones) is 1. The molecule has 1 saturated carbocycles. The lowest BCUT2D eigenvalue weighted by Gasteiger charge is -2.25. The summed E-state index contributed by atoms with van der Waals surface area (Å²) in [5.74, 6) is 0.574. The minimum Gasteiger partial charge on any atom is -0.447 e. The maximum absolute atomic E-state index is 14.8. The number of hydrazine groups is 2. The van der Waals surface area contributed by atoms with Crippen molar-refractivity contribution in [1.82, 2.24) is 25.6 Å². The number of fused-ring (bicyclic) bond motifs is 1. The average Bonchev–Trinajstić information content (AvgIpc) is 3.59.